The standard InChI is InChI=1S/C23H35N3O3/c1-4-5-12-24-23(29)25-21(27)16-26-13-10-20(11-14-26)22(28)19-8-6-18(7-9-19)15-17(2)3/h6-9,17,20H,4-5,10-16H2,1-3H3,(H2,24,25,27,29). The van der Waals surface area contributed by atoms with Crippen molar-refractivity contribution >= 4 is 17.7 Å². The first kappa shape index (κ1) is 23.1. The molecule has 1 heterocycles. The van der Waals surface area contributed by atoms with E-state index in [1.807, 2.05) is 24.0 Å². The third kappa shape index (κ3) is 7.97. The number of piperidine rings is 1. The monoisotopic (exact) mass is 401 g/mol. The summed E-state index contributed by atoms with van der Waals surface area (Å²) in [7, 11) is 0. The number of likely N-dealkylation sites (tertiary alicyclic amines) is 1. The topological polar surface area (TPSA) is 78.5 Å². The number of nitrogens with one attached hydrogen (secondary N) is 2. The normalized spacial score (nSPS) is 15.3. The fourth-order valence-corrected chi connectivity index (χ4v) is 3.66. The summed E-state index contributed by atoms with van der Waals surface area (Å²) in [4.78, 5) is 38.4. The molecule has 2 rings (SSSR count). The lowest BCUT2D eigenvalue weighted by atomic mass is 9.88. The van der Waals surface area contributed by atoms with Gasteiger partial charge in [0.25, 0.3) is 0 Å². The minimum atomic E-state index is -0.436. The number of hydrogen-bond donors (Lipinski definition) is 2. The Hall–Kier alpha value is -2.21. The van der Waals surface area contributed by atoms with Crippen LogP contribution in [0.2, 0.25) is 0 Å². The summed E-state index contributed by atoms with van der Waals surface area (Å²) in [5.74, 6) is 0.494. The average molecular weight is 402 g/mol. The van der Waals surface area contributed by atoms with Gasteiger partial charge in [0, 0.05) is 18.0 Å². The van der Waals surface area contributed by atoms with Gasteiger partial charge in [-0.1, -0.05) is 51.5 Å². The van der Waals surface area contributed by atoms with E-state index in [2.05, 4.69) is 36.6 Å². The molecule has 0 unspecified atom stereocenters. The number of ketones is 1. The second-order valence-corrected chi connectivity index (χ2v) is 8.37. The Morgan fingerprint density at radius 3 is 2.34 bits per heavy atom. The summed E-state index contributed by atoms with van der Waals surface area (Å²) in [6.45, 7) is 8.55. The Labute approximate surface area is 174 Å². The van der Waals surface area contributed by atoms with E-state index in [0.717, 1.165) is 37.7 Å². The number of unbranched alkanes of at least 4 members (excludes halogenated alkanes) is 1. The van der Waals surface area contributed by atoms with Gasteiger partial charge >= 0.3 is 6.03 Å². The second-order valence-electron chi connectivity index (χ2n) is 8.37. The molecule has 160 valence electrons. The molecule has 0 saturated carbocycles. The van der Waals surface area contributed by atoms with Crippen LogP contribution >= 0.6 is 0 Å². The van der Waals surface area contributed by atoms with Gasteiger partial charge in [-0.25, -0.2) is 4.79 Å². The van der Waals surface area contributed by atoms with E-state index in [-0.39, 0.29) is 24.2 Å². The molecule has 1 aliphatic rings. The molecule has 3 amide bonds. The van der Waals surface area contributed by atoms with E-state index >= 15 is 0 Å². The molecule has 2 N–H and O–H groups in total. The first-order chi connectivity index (χ1) is 13.9. The SMILES string of the molecule is CCCCNC(=O)NC(=O)CN1CCC(C(=O)c2ccc(CC(C)C)cc2)CC1. The summed E-state index contributed by atoms with van der Waals surface area (Å²) in [5.41, 5.74) is 2.04. The molecule has 0 bridgehead atoms. The lowest BCUT2D eigenvalue weighted by molar-refractivity contribution is -0.121. The van der Waals surface area contributed by atoms with E-state index in [1.165, 1.54) is 5.56 Å². The van der Waals surface area contributed by atoms with E-state index < -0.39 is 6.03 Å². The highest BCUT2D eigenvalue weighted by Gasteiger charge is 2.26. The third-order valence-corrected chi connectivity index (χ3v) is 5.28. The number of amides is 3. The molecule has 1 aromatic rings. The second kappa shape index (κ2) is 11.7. The van der Waals surface area contributed by atoms with Crippen LogP contribution in [0.15, 0.2) is 24.3 Å². The molecule has 1 aliphatic heterocycles. The van der Waals surface area contributed by atoms with Crippen molar-refractivity contribution in [3.63, 3.8) is 0 Å². The molecule has 0 radical (unpaired) electrons. The van der Waals surface area contributed by atoms with Gasteiger partial charge in [0.15, 0.2) is 5.78 Å². The minimum Gasteiger partial charge on any atom is -0.338 e. The van der Waals surface area contributed by atoms with Crippen LogP contribution in [-0.2, 0) is 11.2 Å². The number of urea groups is 1. The number of carbonyl (C=O) groups is 3. The zero-order valence-electron chi connectivity index (χ0n) is 18.0. The van der Waals surface area contributed by atoms with E-state index in [9.17, 15) is 14.4 Å². The summed E-state index contributed by atoms with van der Waals surface area (Å²) < 4.78 is 0. The average Bonchev–Trinajstić information content (AvgIpc) is 2.68. The molecular formula is C23H35N3O3. The number of carbonyl (C=O) groups excluding carboxylic acids is 3. The predicted molar refractivity (Wildman–Crippen MR) is 115 cm³/mol. The van der Waals surface area contributed by atoms with Gasteiger partial charge < -0.3 is 5.32 Å². The molecule has 0 aromatic heterocycles. The largest absolute Gasteiger partial charge is 0.338 e. The van der Waals surface area contributed by atoms with Crippen LogP contribution in [0.1, 0.15) is 62.4 Å². The first-order valence-electron chi connectivity index (χ1n) is 10.8. The van der Waals surface area contributed by atoms with Crippen molar-refractivity contribution in [1.82, 2.24) is 15.5 Å². The Kier molecular flexibility index (Phi) is 9.32. The molecule has 0 atom stereocenters. The molecule has 1 fully saturated rings. The van der Waals surface area contributed by atoms with Gasteiger partial charge in [0.2, 0.25) is 5.91 Å². The Morgan fingerprint density at radius 1 is 1.10 bits per heavy atom. The Morgan fingerprint density at radius 2 is 1.76 bits per heavy atom. The van der Waals surface area contributed by atoms with Crippen LogP contribution < -0.4 is 10.6 Å². The number of Topliss-reactive ketones (excluding diaryl/α,β-unsaturated/α-hetero) is 1. The molecule has 6 heteroatoms. The van der Waals surface area contributed by atoms with Crippen LogP contribution in [0.5, 0.6) is 0 Å². The number of benzene rings is 1. The van der Waals surface area contributed by atoms with Crippen molar-refractivity contribution in [3.8, 4) is 0 Å². The Balaban J connectivity index is 1.74. The summed E-state index contributed by atoms with van der Waals surface area (Å²) in [6.07, 6.45) is 4.38. The van der Waals surface area contributed by atoms with E-state index in [1.54, 1.807) is 0 Å². The quantitative estimate of drug-likeness (QED) is 0.491. The maximum absolute atomic E-state index is 12.8. The number of nitrogens with zero attached hydrogens (tertiary/aromatic N) is 1. The third-order valence-electron chi connectivity index (χ3n) is 5.28. The zero-order chi connectivity index (χ0) is 21.2. The summed E-state index contributed by atoms with van der Waals surface area (Å²) in [5, 5.41) is 5.04. The minimum absolute atomic E-state index is 0.00241. The van der Waals surface area contributed by atoms with E-state index in [4.69, 9.17) is 0 Å². The smallest absolute Gasteiger partial charge is 0.321 e. The molecule has 0 aliphatic carbocycles. The van der Waals surface area contributed by atoms with Gasteiger partial charge in [0.1, 0.15) is 0 Å². The molecule has 1 aromatic carbocycles. The van der Waals surface area contributed by atoms with Crippen molar-refractivity contribution < 1.29 is 14.4 Å². The molecular weight excluding hydrogens is 366 g/mol. The van der Waals surface area contributed by atoms with Crippen LogP contribution in [0, 0.1) is 11.8 Å². The van der Waals surface area contributed by atoms with Gasteiger partial charge in [0.05, 0.1) is 6.54 Å². The van der Waals surface area contributed by atoms with Crippen molar-refractivity contribution in [1.29, 1.82) is 0 Å². The first-order valence-corrected chi connectivity index (χ1v) is 10.8. The van der Waals surface area contributed by atoms with Crippen LogP contribution in [-0.4, -0.2) is 48.8 Å². The van der Waals surface area contributed by atoms with Gasteiger partial charge in [-0.15, -0.1) is 0 Å². The van der Waals surface area contributed by atoms with Crippen LogP contribution in [0.3, 0.4) is 0 Å². The van der Waals surface area contributed by atoms with Gasteiger partial charge in [-0.3, -0.25) is 19.8 Å². The highest BCUT2D eigenvalue weighted by atomic mass is 16.2. The number of imide groups is 1. The van der Waals surface area contributed by atoms with Gasteiger partial charge in [-0.2, -0.15) is 0 Å². The van der Waals surface area contributed by atoms with Crippen molar-refractivity contribution in [2.75, 3.05) is 26.2 Å². The van der Waals surface area contributed by atoms with E-state index in [0.29, 0.717) is 25.6 Å². The van der Waals surface area contributed by atoms with Crippen molar-refractivity contribution in [3.05, 3.63) is 35.4 Å². The summed E-state index contributed by atoms with van der Waals surface area (Å²) in [6, 6.07) is 7.55. The predicted octanol–water partition coefficient (Wildman–Crippen LogP) is 3.41. The lowest BCUT2D eigenvalue weighted by Gasteiger charge is -2.30. The molecule has 0 spiro atoms. The molecule has 29 heavy (non-hydrogen) atoms. The maximum atomic E-state index is 12.8. The maximum Gasteiger partial charge on any atom is 0.321 e. The highest BCUT2D eigenvalue weighted by molar-refractivity contribution is 5.98. The number of hydrogen-bond acceptors (Lipinski definition) is 4. The van der Waals surface area contributed by atoms with Crippen LogP contribution in [0.25, 0.3) is 0 Å². The highest BCUT2D eigenvalue weighted by Crippen LogP contribution is 2.22. The zero-order valence-corrected chi connectivity index (χ0v) is 18.0. The fraction of sp³-hybridized carbons (Fsp3) is 0.609. The van der Waals surface area contributed by atoms with Crippen molar-refractivity contribution in [2.45, 2.75) is 52.9 Å². The number of rotatable bonds is 9. The van der Waals surface area contributed by atoms with Crippen molar-refractivity contribution in [2.24, 2.45) is 11.8 Å². The fourth-order valence-electron chi connectivity index (χ4n) is 3.66. The lowest BCUT2D eigenvalue weighted by Crippen LogP contribution is -2.46. The molecule has 1 saturated heterocycles. The summed E-state index contributed by atoms with van der Waals surface area (Å²) >= 11 is 0. The molecule has 6 nitrogen and oxygen atoms in total. The van der Waals surface area contributed by atoms with Crippen LogP contribution in [0.4, 0.5) is 4.79 Å². The Bertz CT molecular complexity index is 677. The van der Waals surface area contributed by atoms with Gasteiger partial charge in [-0.05, 0) is 50.3 Å².